The molecule has 6 rings (SSSR count). The maximum atomic E-state index is 13.6. The third kappa shape index (κ3) is 23.2. The fourth-order valence-corrected chi connectivity index (χ4v) is 11.1. The maximum absolute atomic E-state index is 13.6. The summed E-state index contributed by atoms with van der Waals surface area (Å²) in [6.45, 7) is 20.0. The predicted octanol–water partition coefficient (Wildman–Crippen LogP) is 11.2. The third-order valence-corrected chi connectivity index (χ3v) is 17.7. The molecule has 0 aliphatic heterocycles. The summed E-state index contributed by atoms with van der Waals surface area (Å²) in [6.07, 6.45) is 1.43. The second-order valence-corrected chi connectivity index (χ2v) is 29.6. The number of amides is 6. The molecule has 0 radical (unpaired) electrons. The zero-order chi connectivity index (χ0) is 87.8. The van der Waals surface area contributed by atoms with Gasteiger partial charge in [-0.15, -0.1) is 19.3 Å². The minimum absolute atomic E-state index is 0.0343. The van der Waals surface area contributed by atoms with Crippen molar-refractivity contribution in [2.24, 2.45) is 32.5 Å². The smallest absolute Gasteiger partial charge is 0.419 e. The summed E-state index contributed by atoms with van der Waals surface area (Å²) >= 11 is 0. The van der Waals surface area contributed by atoms with Crippen molar-refractivity contribution in [2.45, 2.75) is 132 Å². The molecule has 0 saturated heterocycles. The van der Waals surface area contributed by atoms with Gasteiger partial charge in [0.25, 0.3) is 52.8 Å². The normalized spacial score (nSPS) is 13.6. The number of alkyl halides is 9. The number of aromatic nitrogens is 3. The number of hydrogen-bond donors (Lipinski definition) is 6. The molecule has 0 aliphatic rings. The first-order chi connectivity index (χ1) is 52.0. The van der Waals surface area contributed by atoms with Crippen LogP contribution in [0.5, 0.6) is 0 Å². The molecule has 4 atom stereocenters. The fraction of sp³-hybridized carbons (Fsp3) is 0.382. The lowest BCUT2D eigenvalue weighted by Crippen LogP contribution is -2.51. The van der Waals surface area contributed by atoms with Crippen LogP contribution in [0, 0.1) is 107 Å². The molecule has 0 aliphatic carbocycles. The van der Waals surface area contributed by atoms with E-state index in [2.05, 4.69) is 54.2 Å². The highest BCUT2D eigenvalue weighted by molar-refractivity contribution is 7.50. The number of carbonyl (C=O) groups is 11. The summed E-state index contributed by atoms with van der Waals surface area (Å²) in [6, 6.07) is 5.88. The van der Waals surface area contributed by atoms with Gasteiger partial charge < -0.3 is 69.1 Å². The van der Waals surface area contributed by atoms with Gasteiger partial charge in [-0.2, -0.15) is 39.5 Å². The van der Waals surface area contributed by atoms with E-state index in [0.717, 1.165) is 24.9 Å². The molecule has 0 saturated carbocycles. The Hall–Kier alpha value is -11.7. The van der Waals surface area contributed by atoms with Crippen LogP contribution in [0.2, 0.25) is 0 Å². The molecule has 25 nitrogen and oxygen atoms in total. The molecule has 3 aromatic carbocycles. The first-order valence-electron chi connectivity index (χ1n) is 33.3. The van der Waals surface area contributed by atoms with Crippen LogP contribution in [-0.4, -0.2) is 122 Å². The lowest BCUT2D eigenvalue weighted by atomic mass is 9.97. The second-order valence-electron chi connectivity index (χ2n) is 27.8. The van der Waals surface area contributed by atoms with Crippen LogP contribution < -0.4 is 36.8 Å². The van der Waals surface area contributed by atoms with Gasteiger partial charge in [-0.1, -0.05) is 31.6 Å². The molecule has 0 fully saturated rings. The number of nitrogens with zero attached hydrogens (tertiary/aromatic N) is 3. The highest BCUT2D eigenvalue weighted by Gasteiger charge is 2.41. The Kier molecular flexibility index (Phi) is 29.8. The van der Waals surface area contributed by atoms with Crippen molar-refractivity contribution in [1.82, 2.24) is 29.7 Å². The number of rotatable bonds is 23. The van der Waals surface area contributed by atoms with Crippen LogP contribution >= 0.6 is 7.60 Å². The largest absolute Gasteiger partial charge is 0.779 e. The molecule has 38 heteroatoms. The van der Waals surface area contributed by atoms with Gasteiger partial charge in [0.1, 0.15) is 72.0 Å². The minimum atomic E-state index is -4.99. The van der Waals surface area contributed by atoms with Crippen molar-refractivity contribution < 1.29 is 129 Å². The van der Waals surface area contributed by atoms with Crippen LogP contribution in [0.25, 0.3) is 0 Å². The minimum Gasteiger partial charge on any atom is -0.779 e. The summed E-state index contributed by atoms with van der Waals surface area (Å²) in [5, 5.41) is 13.7. The van der Waals surface area contributed by atoms with Gasteiger partial charge in [0, 0.05) is 62.0 Å². The lowest BCUT2D eigenvalue weighted by Gasteiger charge is -2.28. The molecule has 614 valence electrons. The van der Waals surface area contributed by atoms with Gasteiger partial charge in [0.05, 0.1) is 51.3 Å². The number of esters is 2. The van der Waals surface area contributed by atoms with Crippen molar-refractivity contribution in [3.05, 3.63) is 156 Å². The van der Waals surface area contributed by atoms with E-state index in [1.807, 2.05) is 0 Å². The number of anilines is 3. The van der Waals surface area contributed by atoms with E-state index in [4.69, 9.17) is 28.7 Å². The second kappa shape index (κ2) is 36.0. The highest BCUT2D eigenvalue weighted by Crippen LogP contribution is 2.38. The summed E-state index contributed by atoms with van der Waals surface area (Å²) in [7, 11) is 0.0565. The predicted molar refractivity (Wildman–Crippen MR) is 388 cm³/mol. The Labute approximate surface area is 645 Å². The van der Waals surface area contributed by atoms with Crippen molar-refractivity contribution in [1.29, 1.82) is 0 Å². The van der Waals surface area contributed by atoms with Crippen LogP contribution in [0.1, 0.15) is 168 Å². The fourth-order valence-electron chi connectivity index (χ4n) is 10.6. The monoisotopic (exact) mass is 1630 g/mol. The topological polar surface area (TPSA) is 343 Å². The average molecular weight is 1630 g/mol. The van der Waals surface area contributed by atoms with E-state index in [-0.39, 0.29) is 84.6 Å². The van der Waals surface area contributed by atoms with Gasteiger partial charge in [-0.25, -0.2) is 13.2 Å². The van der Waals surface area contributed by atoms with E-state index < -0.39 is 173 Å². The van der Waals surface area contributed by atoms with E-state index in [1.165, 1.54) is 97.2 Å². The molecule has 6 amide bonds. The Morgan fingerprint density at radius 3 is 0.947 bits per heavy atom. The van der Waals surface area contributed by atoms with Gasteiger partial charge >= 0.3 is 30.5 Å². The van der Waals surface area contributed by atoms with Crippen LogP contribution in [-0.2, 0) is 82.2 Å². The number of ether oxygens (including phenoxy) is 2. The number of nitrogens with one attached hydrogen (secondary N) is 6. The van der Waals surface area contributed by atoms with Gasteiger partial charge in [0.2, 0.25) is 0 Å². The molecule has 114 heavy (non-hydrogen) atoms. The van der Waals surface area contributed by atoms with Gasteiger partial charge in [-0.3, -0.25) is 52.7 Å². The molecule has 3 heterocycles. The zero-order valence-electron chi connectivity index (χ0n) is 64.5. The van der Waals surface area contributed by atoms with Crippen molar-refractivity contribution in [3.8, 4) is 37.0 Å². The lowest BCUT2D eigenvalue weighted by molar-refractivity contribution is -0.197. The Bertz CT molecular complexity index is 5060. The molecule has 6 N–H and O–H groups in total. The summed E-state index contributed by atoms with van der Waals surface area (Å²) in [4.78, 5) is 151. The first-order valence-corrected chi connectivity index (χ1v) is 35.3. The Morgan fingerprint density at radius 1 is 0.465 bits per heavy atom. The molecule has 6 aromatic rings. The SMILES string of the molecule is C#CC(C)(COC(=O)C(C)(C)C)NC(=O)C(=O)c1c(C)c(C(=O)Nc2ccc(F)c(C(F)(F)F)c2)n(C)c1C.C#CC(C)(COC(=O)C(C)C)NC(=O)C(=O)c1c(C)c(C(=O)Nc2ccc(F)c(C(F)(F)F)c2)n(C)c1C.C#CC(C)(COP(C)(=O)[O-])NC(=O)C(=O)c1c(C)c(C(=O)Nc2ccc(F)c(C(F)(F)F)c2)n(C)c1C. The maximum Gasteiger partial charge on any atom is 0.419 e. The van der Waals surface area contributed by atoms with Gasteiger partial charge in [-0.05, 0) is 154 Å². The highest BCUT2D eigenvalue weighted by atomic mass is 31.2. The van der Waals surface area contributed by atoms with Crippen LogP contribution in [0.4, 0.5) is 69.7 Å². The molecular weight excluding hydrogens is 1550 g/mol. The number of terminal acetylenes is 3. The summed E-state index contributed by atoms with van der Waals surface area (Å²) in [5.41, 5.74) is -11.2. The van der Waals surface area contributed by atoms with E-state index in [9.17, 15) is 115 Å². The first kappa shape index (κ1) is 94.6. The number of halogens is 12. The standard InChI is InChI=1S/C27H29F4N3O5.C26H27F4N3O5.C23H24F4N3O6P/c1-9-26(7,13-39-24(38)25(4,5)6)33-23(37)21(35)19-14(2)20(34(8)15(19)3)22(36)32-16-10-11-18(28)17(12-16)27(29,30)31;1-8-25(6,12-38-24(37)13(2)3)32-23(36)21(34)19-14(4)20(33(7)15(19)5)22(35)31-16-9-10-18(27)17(11-16)26(28,29)30;1-7-22(4,11-36-37(6,34)35)29-21(33)19(31)17-12(2)18(30(5)13(17)3)20(32)28-14-8-9-16(24)15(10-14)23(25,26)27/h1,10-12H,13H2,2-8H3,(H,32,36)(H,33,37);1,9-11,13H,12H2,2-7H3,(H,31,35)(H,32,36);1,8-10H,11H2,2-6H3,(H,28,32)(H,29,33)(H,34,35)/p-1. The molecule has 0 bridgehead atoms. The molecule has 4 unspecified atom stereocenters. The Morgan fingerprint density at radius 2 is 0.719 bits per heavy atom. The molecular formula is C76H79F12N9O16P-. The van der Waals surface area contributed by atoms with Crippen LogP contribution in [0.15, 0.2) is 54.6 Å². The number of Topliss-reactive ketones (excluding diaryl/α,β-unsaturated/α-hetero) is 3. The number of hydrogen-bond acceptors (Lipinski definition) is 16. The third-order valence-electron chi connectivity index (χ3n) is 17.1. The van der Waals surface area contributed by atoms with E-state index in [1.54, 1.807) is 34.6 Å². The van der Waals surface area contributed by atoms with Gasteiger partial charge in [0.15, 0.2) is 0 Å². The zero-order valence-corrected chi connectivity index (χ0v) is 65.4. The number of carbonyl (C=O) groups excluding carboxylic acids is 11. The molecule has 3 aromatic heterocycles. The van der Waals surface area contributed by atoms with Crippen LogP contribution in [0.3, 0.4) is 0 Å². The number of benzene rings is 3. The van der Waals surface area contributed by atoms with E-state index >= 15 is 0 Å². The van der Waals surface area contributed by atoms with Crippen molar-refractivity contribution in [2.75, 3.05) is 42.4 Å². The van der Waals surface area contributed by atoms with E-state index in [0.29, 0.717) is 36.4 Å². The summed E-state index contributed by atoms with van der Waals surface area (Å²) in [5.74, 6) is -8.68. The quantitative estimate of drug-likeness (QED) is 0.00867. The van der Waals surface area contributed by atoms with Crippen molar-refractivity contribution in [3.63, 3.8) is 0 Å². The summed E-state index contributed by atoms with van der Waals surface area (Å²) < 4.78 is 188. The average Bonchev–Trinajstić information content (AvgIpc) is 1.63. The van der Waals surface area contributed by atoms with Crippen molar-refractivity contribution >= 4 is 89.4 Å². The Balaban J connectivity index is 0.000000360. The number of ketones is 3. The molecule has 0 spiro atoms.